The third kappa shape index (κ3) is 2.26. The number of hydrogen-bond acceptors (Lipinski definition) is 3. The first kappa shape index (κ1) is 9.10. The maximum absolute atomic E-state index is 11.2. The van der Waals surface area contributed by atoms with E-state index >= 15 is 0 Å². The van der Waals surface area contributed by atoms with E-state index in [0.29, 0.717) is 5.92 Å². The minimum absolute atomic E-state index is 0.189. The van der Waals surface area contributed by atoms with Crippen molar-refractivity contribution in [2.24, 2.45) is 5.92 Å². The first-order valence-electron chi connectivity index (χ1n) is 4.11. The van der Waals surface area contributed by atoms with Gasteiger partial charge in [0.1, 0.15) is 0 Å². The van der Waals surface area contributed by atoms with Crippen molar-refractivity contribution in [3.05, 3.63) is 11.8 Å². The van der Waals surface area contributed by atoms with Gasteiger partial charge in [-0.15, -0.1) is 0 Å². The molecule has 0 saturated heterocycles. The Morgan fingerprint density at radius 1 is 1.50 bits per heavy atom. The number of carbonyl (C=O) groups is 1. The number of nitrogens with zero attached hydrogens (tertiary/aromatic N) is 1. The van der Waals surface area contributed by atoms with Gasteiger partial charge in [0.2, 0.25) is 0 Å². The average molecular weight is 169 g/mol. The zero-order valence-electron chi connectivity index (χ0n) is 7.83. The molecule has 0 N–H and O–H groups in total. The van der Waals surface area contributed by atoms with E-state index in [2.05, 4.69) is 4.74 Å². The van der Waals surface area contributed by atoms with Gasteiger partial charge >= 0.3 is 5.97 Å². The van der Waals surface area contributed by atoms with Crippen LogP contribution < -0.4 is 0 Å². The van der Waals surface area contributed by atoms with E-state index in [4.69, 9.17) is 0 Å². The van der Waals surface area contributed by atoms with Gasteiger partial charge in [0.25, 0.3) is 0 Å². The van der Waals surface area contributed by atoms with Crippen LogP contribution in [0, 0.1) is 5.92 Å². The molecule has 1 aliphatic carbocycles. The molecule has 0 radical (unpaired) electrons. The molecule has 1 rings (SSSR count). The van der Waals surface area contributed by atoms with Crippen LogP contribution in [0.4, 0.5) is 0 Å². The molecule has 1 fully saturated rings. The van der Waals surface area contributed by atoms with Crippen LogP contribution in [0.15, 0.2) is 11.8 Å². The minimum Gasteiger partial charge on any atom is -0.466 e. The zero-order valence-corrected chi connectivity index (χ0v) is 7.83. The third-order valence-corrected chi connectivity index (χ3v) is 1.84. The third-order valence-electron chi connectivity index (χ3n) is 1.84. The molecular weight excluding hydrogens is 154 g/mol. The molecule has 0 amide bonds. The summed E-state index contributed by atoms with van der Waals surface area (Å²) in [5.74, 6) is 0.256. The maximum Gasteiger partial charge on any atom is 0.335 e. The van der Waals surface area contributed by atoms with Gasteiger partial charge in [-0.05, 0) is 18.8 Å². The topological polar surface area (TPSA) is 29.5 Å². The molecule has 0 atom stereocenters. The molecule has 68 valence electrons. The number of esters is 1. The summed E-state index contributed by atoms with van der Waals surface area (Å²) >= 11 is 0. The van der Waals surface area contributed by atoms with E-state index in [9.17, 15) is 4.79 Å². The monoisotopic (exact) mass is 169 g/mol. The predicted octanol–water partition coefficient (Wildman–Crippen LogP) is 1.01. The van der Waals surface area contributed by atoms with Crippen molar-refractivity contribution in [3.8, 4) is 0 Å². The van der Waals surface area contributed by atoms with Gasteiger partial charge in [-0.3, -0.25) is 0 Å². The van der Waals surface area contributed by atoms with Gasteiger partial charge in [0.05, 0.1) is 12.7 Å². The molecule has 0 bridgehead atoms. The van der Waals surface area contributed by atoms with Crippen LogP contribution in [0.5, 0.6) is 0 Å². The molecular formula is C9H15NO2. The molecule has 0 aliphatic heterocycles. The molecule has 0 aromatic heterocycles. The summed E-state index contributed by atoms with van der Waals surface area (Å²) in [5.41, 5.74) is 0.808. The zero-order chi connectivity index (χ0) is 9.14. The number of methoxy groups -OCH3 is 1. The molecule has 0 spiro atoms. The number of carbonyl (C=O) groups excluding carboxylic acids is 1. The predicted molar refractivity (Wildman–Crippen MR) is 46.5 cm³/mol. The first-order valence-corrected chi connectivity index (χ1v) is 4.11. The van der Waals surface area contributed by atoms with E-state index in [1.807, 2.05) is 25.2 Å². The highest BCUT2D eigenvalue weighted by Crippen LogP contribution is 2.36. The van der Waals surface area contributed by atoms with Crippen LogP contribution >= 0.6 is 0 Å². The second kappa shape index (κ2) is 3.61. The molecule has 1 saturated carbocycles. The Hall–Kier alpha value is -0.990. The Morgan fingerprint density at radius 3 is 2.42 bits per heavy atom. The quantitative estimate of drug-likeness (QED) is 0.466. The summed E-state index contributed by atoms with van der Waals surface area (Å²) in [7, 11) is 5.24. The molecule has 0 heterocycles. The van der Waals surface area contributed by atoms with Crippen LogP contribution in [0.2, 0.25) is 0 Å². The lowest BCUT2D eigenvalue weighted by Gasteiger charge is -2.08. The Kier molecular flexibility index (Phi) is 2.74. The summed E-state index contributed by atoms with van der Waals surface area (Å²) in [6, 6.07) is 0. The summed E-state index contributed by atoms with van der Waals surface area (Å²) in [5, 5.41) is 0. The van der Waals surface area contributed by atoms with Gasteiger partial charge in [-0.2, -0.15) is 0 Å². The van der Waals surface area contributed by atoms with E-state index < -0.39 is 0 Å². The standard InChI is InChI=1S/C9H15NO2/c1-10(2)6-8(7-4-5-7)9(11)12-3/h6-7H,4-5H2,1-3H3/b8-6+. The summed E-state index contributed by atoms with van der Waals surface area (Å²) < 4.78 is 4.68. The van der Waals surface area contributed by atoms with Crippen LogP contribution in [-0.4, -0.2) is 32.1 Å². The molecule has 0 aromatic rings. The van der Waals surface area contributed by atoms with Gasteiger partial charge in [-0.1, -0.05) is 0 Å². The van der Waals surface area contributed by atoms with E-state index in [1.165, 1.54) is 7.11 Å². The van der Waals surface area contributed by atoms with Crippen LogP contribution in [0.25, 0.3) is 0 Å². The van der Waals surface area contributed by atoms with Crippen molar-refractivity contribution in [1.82, 2.24) is 4.90 Å². The van der Waals surface area contributed by atoms with Gasteiger partial charge in [0.15, 0.2) is 0 Å². The average Bonchev–Trinajstić information content (AvgIpc) is 2.81. The second-order valence-electron chi connectivity index (χ2n) is 3.31. The van der Waals surface area contributed by atoms with E-state index in [1.54, 1.807) is 0 Å². The van der Waals surface area contributed by atoms with Crippen LogP contribution in [0.1, 0.15) is 12.8 Å². The molecule has 1 aliphatic rings. The van der Waals surface area contributed by atoms with Crippen molar-refractivity contribution in [1.29, 1.82) is 0 Å². The molecule has 0 unspecified atom stereocenters. The lowest BCUT2D eigenvalue weighted by Crippen LogP contribution is -2.12. The number of hydrogen-bond donors (Lipinski definition) is 0. The Morgan fingerprint density at radius 2 is 2.08 bits per heavy atom. The van der Waals surface area contributed by atoms with Crippen molar-refractivity contribution in [3.63, 3.8) is 0 Å². The van der Waals surface area contributed by atoms with E-state index in [-0.39, 0.29) is 5.97 Å². The highest BCUT2D eigenvalue weighted by molar-refractivity contribution is 5.89. The minimum atomic E-state index is -0.189. The highest BCUT2D eigenvalue weighted by atomic mass is 16.5. The smallest absolute Gasteiger partial charge is 0.335 e. The maximum atomic E-state index is 11.2. The van der Waals surface area contributed by atoms with Crippen molar-refractivity contribution in [2.45, 2.75) is 12.8 Å². The SMILES string of the molecule is COC(=O)/C(=C/N(C)C)C1CC1. The summed E-state index contributed by atoms with van der Waals surface area (Å²) in [6.45, 7) is 0. The lowest BCUT2D eigenvalue weighted by molar-refractivity contribution is -0.136. The number of rotatable bonds is 3. The highest BCUT2D eigenvalue weighted by Gasteiger charge is 2.31. The van der Waals surface area contributed by atoms with Crippen LogP contribution in [0.3, 0.4) is 0 Å². The summed E-state index contributed by atoms with van der Waals surface area (Å²) in [6.07, 6.45) is 4.09. The van der Waals surface area contributed by atoms with Gasteiger partial charge < -0.3 is 9.64 Å². The molecule has 3 nitrogen and oxygen atoms in total. The fourth-order valence-corrected chi connectivity index (χ4v) is 1.12. The Labute approximate surface area is 73.0 Å². The van der Waals surface area contributed by atoms with Gasteiger partial charge in [-0.25, -0.2) is 4.79 Å². The van der Waals surface area contributed by atoms with Crippen molar-refractivity contribution in [2.75, 3.05) is 21.2 Å². The molecule has 0 aromatic carbocycles. The molecule has 3 heteroatoms. The fourth-order valence-electron chi connectivity index (χ4n) is 1.12. The van der Waals surface area contributed by atoms with Crippen molar-refractivity contribution < 1.29 is 9.53 Å². The van der Waals surface area contributed by atoms with E-state index in [0.717, 1.165) is 18.4 Å². The van der Waals surface area contributed by atoms with Crippen LogP contribution in [-0.2, 0) is 9.53 Å². The Bertz CT molecular complexity index is 205. The molecule has 12 heavy (non-hydrogen) atoms. The normalized spacial score (nSPS) is 17.4. The largest absolute Gasteiger partial charge is 0.466 e. The lowest BCUT2D eigenvalue weighted by atomic mass is 10.2. The second-order valence-corrected chi connectivity index (χ2v) is 3.31. The Balaban J connectivity index is 2.66. The number of ether oxygens (including phenoxy) is 1. The van der Waals surface area contributed by atoms with Gasteiger partial charge in [0, 0.05) is 20.3 Å². The summed E-state index contributed by atoms with van der Waals surface area (Å²) in [4.78, 5) is 13.1. The van der Waals surface area contributed by atoms with Crippen molar-refractivity contribution >= 4 is 5.97 Å². The first-order chi connectivity index (χ1) is 5.65. The fraction of sp³-hybridized carbons (Fsp3) is 0.667.